The van der Waals surface area contributed by atoms with E-state index in [1.165, 1.54) is 5.56 Å². The highest BCUT2D eigenvalue weighted by molar-refractivity contribution is 5.96. The second-order valence-corrected chi connectivity index (χ2v) is 9.45. The number of hydrogen-bond donors (Lipinski definition) is 0. The summed E-state index contributed by atoms with van der Waals surface area (Å²) in [5.74, 6) is -0.380. The van der Waals surface area contributed by atoms with E-state index in [4.69, 9.17) is 9.84 Å². The lowest BCUT2D eigenvalue weighted by molar-refractivity contribution is 0.0472. The van der Waals surface area contributed by atoms with Gasteiger partial charge >= 0.3 is 5.97 Å². The first kappa shape index (κ1) is 22.5. The van der Waals surface area contributed by atoms with Crippen LogP contribution in [0.15, 0.2) is 79.0 Å². The zero-order valence-electron chi connectivity index (χ0n) is 19.9. The van der Waals surface area contributed by atoms with Crippen molar-refractivity contribution in [2.24, 2.45) is 0 Å². The van der Waals surface area contributed by atoms with Gasteiger partial charge in [-0.3, -0.25) is 0 Å². The van der Waals surface area contributed by atoms with Gasteiger partial charge in [0, 0.05) is 11.8 Å². The molecule has 4 aromatic rings. The minimum Gasteiger partial charge on any atom is -0.457 e. The Kier molecular flexibility index (Phi) is 6.19. The van der Waals surface area contributed by atoms with Crippen molar-refractivity contribution in [3.05, 3.63) is 107 Å². The molecule has 0 aliphatic heterocycles. The van der Waals surface area contributed by atoms with Crippen molar-refractivity contribution >= 4 is 5.97 Å². The van der Waals surface area contributed by atoms with Crippen molar-refractivity contribution in [1.82, 2.24) is 9.78 Å². The van der Waals surface area contributed by atoms with E-state index in [1.807, 2.05) is 60.7 Å². The van der Waals surface area contributed by atoms with Crippen LogP contribution in [0.4, 0.5) is 0 Å². The van der Waals surface area contributed by atoms with Gasteiger partial charge in [-0.25, -0.2) is 9.48 Å². The highest BCUT2D eigenvalue weighted by Gasteiger charge is 2.21. The van der Waals surface area contributed by atoms with Crippen LogP contribution in [0.2, 0.25) is 0 Å². The third-order valence-electron chi connectivity index (χ3n) is 5.91. The molecule has 3 aromatic carbocycles. The summed E-state index contributed by atoms with van der Waals surface area (Å²) in [7, 11) is 0. The predicted octanol–water partition coefficient (Wildman–Crippen LogP) is 6.81. The second kappa shape index (κ2) is 9.07. The number of aryl methyl sites for hydroxylation is 2. The second-order valence-electron chi connectivity index (χ2n) is 9.45. The summed E-state index contributed by atoms with van der Waals surface area (Å²) in [5.41, 5.74) is 7.50. The molecule has 0 atom stereocenters. The number of carbonyl (C=O) groups is 1. The molecule has 0 saturated carbocycles. The molecule has 0 unspecified atom stereocenters. The topological polar surface area (TPSA) is 44.1 Å². The maximum Gasteiger partial charge on any atom is 0.342 e. The van der Waals surface area contributed by atoms with Crippen LogP contribution < -0.4 is 0 Å². The average Bonchev–Trinajstić information content (AvgIpc) is 3.24. The third-order valence-corrected chi connectivity index (χ3v) is 5.91. The number of aromatic nitrogens is 2. The normalized spacial score (nSPS) is 11.4. The van der Waals surface area contributed by atoms with E-state index in [-0.39, 0.29) is 18.0 Å². The van der Waals surface area contributed by atoms with E-state index >= 15 is 0 Å². The van der Waals surface area contributed by atoms with Crippen LogP contribution in [0.25, 0.3) is 16.9 Å². The van der Waals surface area contributed by atoms with Gasteiger partial charge in [0.15, 0.2) is 0 Å². The molecular formula is C29H30N2O2. The smallest absolute Gasteiger partial charge is 0.342 e. The van der Waals surface area contributed by atoms with Gasteiger partial charge < -0.3 is 4.74 Å². The largest absolute Gasteiger partial charge is 0.457 e. The molecule has 0 radical (unpaired) electrons. The number of rotatable bonds is 5. The molecule has 1 heterocycles. The molecule has 4 nitrogen and oxygen atoms in total. The molecule has 0 aliphatic rings. The van der Waals surface area contributed by atoms with Crippen LogP contribution in [-0.4, -0.2) is 15.7 Å². The molecule has 0 amide bonds. The number of hydrogen-bond acceptors (Lipinski definition) is 3. The fraction of sp³-hybridized carbons (Fsp3) is 0.241. The van der Waals surface area contributed by atoms with E-state index in [0.29, 0.717) is 11.3 Å². The standard InChI is InChI=1S/C29H30N2O2/c1-20-16-23(29(3,4)5)17-21(2)26(20)19-33-28(32)25-18-31(24-14-10-7-11-15-24)30-27(25)22-12-8-6-9-13-22/h6-18H,19H2,1-5H3. The number of ether oxygens (including phenoxy) is 1. The van der Waals surface area contributed by atoms with Crippen LogP contribution in [0.5, 0.6) is 0 Å². The summed E-state index contributed by atoms with van der Waals surface area (Å²) in [4.78, 5) is 13.2. The summed E-state index contributed by atoms with van der Waals surface area (Å²) < 4.78 is 7.55. The third kappa shape index (κ3) is 4.90. The number of nitrogens with zero attached hydrogens (tertiary/aromatic N) is 2. The van der Waals surface area contributed by atoms with E-state index in [1.54, 1.807) is 10.9 Å². The van der Waals surface area contributed by atoms with Crippen molar-refractivity contribution in [1.29, 1.82) is 0 Å². The quantitative estimate of drug-likeness (QED) is 0.322. The van der Waals surface area contributed by atoms with Crippen LogP contribution in [0, 0.1) is 13.8 Å². The minimum atomic E-state index is -0.380. The Hall–Kier alpha value is -3.66. The summed E-state index contributed by atoms with van der Waals surface area (Å²) >= 11 is 0. The van der Waals surface area contributed by atoms with Crippen molar-refractivity contribution in [2.75, 3.05) is 0 Å². The van der Waals surface area contributed by atoms with Gasteiger partial charge in [-0.05, 0) is 53.6 Å². The number of para-hydroxylation sites is 1. The van der Waals surface area contributed by atoms with Gasteiger partial charge in [-0.1, -0.05) is 81.4 Å². The van der Waals surface area contributed by atoms with E-state index in [2.05, 4.69) is 46.8 Å². The van der Waals surface area contributed by atoms with Gasteiger partial charge in [0.2, 0.25) is 0 Å². The van der Waals surface area contributed by atoms with Crippen molar-refractivity contribution in [2.45, 2.75) is 46.6 Å². The summed E-state index contributed by atoms with van der Waals surface area (Å²) in [6.45, 7) is 11.0. The molecule has 33 heavy (non-hydrogen) atoms. The van der Waals surface area contributed by atoms with Gasteiger partial charge in [-0.2, -0.15) is 5.10 Å². The Balaban J connectivity index is 1.64. The number of benzene rings is 3. The monoisotopic (exact) mass is 438 g/mol. The zero-order valence-corrected chi connectivity index (χ0v) is 19.9. The maximum absolute atomic E-state index is 13.2. The van der Waals surface area contributed by atoms with Gasteiger partial charge in [0.25, 0.3) is 0 Å². The van der Waals surface area contributed by atoms with Crippen LogP contribution >= 0.6 is 0 Å². The molecular weight excluding hydrogens is 408 g/mol. The predicted molar refractivity (Wildman–Crippen MR) is 133 cm³/mol. The minimum absolute atomic E-state index is 0.0708. The fourth-order valence-electron chi connectivity index (χ4n) is 3.92. The van der Waals surface area contributed by atoms with Gasteiger partial charge in [0.1, 0.15) is 17.9 Å². The Labute approximate surface area is 195 Å². The summed E-state index contributed by atoms with van der Waals surface area (Å²) in [5, 5.41) is 4.72. The maximum atomic E-state index is 13.2. The first-order valence-electron chi connectivity index (χ1n) is 11.2. The highest BCUT2D eigenvalue weighted by Crippen LogP contribution is 2.28. The number of carbonyl (C=O) groups excluding carboxylic acids is 1. The van der Waals surface area contributed by atoms with Gasteiger partial charge in [-0.15, -0.1) is 0 Å². The lowest BCUT2D eigenvalue weighted by Crippen LogP contribution is -2.13. The first-order valence-corrected chi connectivity index (χ1v) is 11.2. The number of esters is 1. The molecule has 0 bridgehead atoms. The molecule has 0 fully saturated rings. The molecule has 4 rings (SSSR count). The Morgan fingerprint density at radius 3 is 2.06 bits per heavy atom. The first-order chi connectivity index (χ1) is 15.7. The van der Waals surface area contributed by atoms with Gasteiger partial charge in [0.05, 0.1) is 5.69 Å². The lowest BCUT2D eigenvalue weighted by Gasteiger charge is -2.22. The van der Waals surface area contributed by atoms with Crippen LogP contribution in [-0.2, 0) is 16.8 Å². The molecule has 0 spiro atoms. The molecule has 0 saturated heterocycles. The Bertz CT molecular complexity index is 1240. The van der Waals surface area contributed by atoms with Crippen molar-refractivity contribution < 1.29 is 9.53 Å². The molecule has 1 aromatic heterocycles. The fourth-order valence-corrected chi connectivity index (χ4v) is 3.92. The van der Waals surface area contributed by atoms with E-state index < -0.39 is 0 Å². The van der Waals surface area contributed by atoms with Crippen molar-refractivity contribution in [3.63, 3.8) is 0 Å². The van der Waals surface area contributed by atoms with E-state index in [0.717, 1.165) is 27.9 Å². The summed E-state index contributed by atoms with van der Waals surface area (Å²) in [6, 6.07) is 23.9. The molecule has 168 valence electrons. The molecule has 0 N–H and O–H groups in total. The van der Waals surface area contributed by atoms with Crippen LogP contribution in [0.1, 0.15) is 53.4 Å². The SMILES string of the molecule is Cc1cc(C(C)(C)C)cc(C)c1COC(=O)c1cn(-c2ccccc2)nc1-c1ccccc1. The van der Waals surface area contributed by atoms with Crippen molar-refractivity contribution in [3.8, 4) is 16.9 Å². The zero-order chi connectivity index (χ0) is 23.6. The molecule has 0 aliphatic carbocycles. The van der Waals surface area contributed by atoms with Crippen LogP contribution in [0.3, 0.4) is 0 Å². The lowest BCUT2D eigenvalue weighted by atomic mass is 9.84. The molecule has 4 heteroatoms. The Morgan fingerprint density at radius 2 is 1.48 bits per heavy atom. The van der Waals surface area contributed by atoms with E-state index in [9.17, 15) is 4.79 Å². The average molecular weight is 439 g/mol. The highest BCUT2D eigenvalue weighted by atomic mass is 16.5. The summed E-state index contributed by atoms with van der Waals surface area (Å²) in [6.07, 6.45) is 1.75. The Morgan fingerprint density at radius 1 is 0.909 bits per heavy atom.